The number of rotatable bonds is 3. The van der Waals surface area contributed by atoms with Gasteiger partial charge in [-0.05, 0) is 65.2 Å². The van der Waals surface area contributed by atoms with Crippen LogP contribution in [0.4, 0.5) is 0 Å². The first kappa shape index (κ1) is 20.7. The molecule has 3 aromatic rings. The molecule has 0 spiro atoms. The summed E-state index contributed by atoms with van der Waals surface area (Å²) in [6.45, 7) is 0.293. The molecule has 1 aromatic heterocycles. The van der Waals surface area contributed by atoms with Gasteiger partial charge in [-0.3, -0.25) is 4.79 Å². The summed E-state index contributed by atoms with van der Waals surface area (Å²) in [7, 11) is -1.96. The van der Waals surface area contributed by atoms with Crippen molar-refractivity contribution in [3.63, 3.8) is 0 Å². The number of para-hydroxylation sites is 1. The summed E-state index contributed by atoms with van der Waals surface area (Å²) in [5, 5.41) is 0.455. The lowest BCUT2D eigenvalue weighted by molar-refractivity contribution is -0.121. The van der Waals surface area contributed by atoms with Crippen LogP contribution in [-0.2, 0) is 21.9 Å². The van der Waals surface area contributed by atoms with E-state index >= 15 is 0 Å². The number of carbonyl (C=O) groups is 1. The van der Waals surface area contributed by atoms with E-state index < -0.39 is 22.0 Å². The summed E-state index contributed by atoms with van der Waals surface area (Å²) in [5.41, 5.74) is 0.945. The molecular weight excluding hydrogens is 498 g/mol. The number of aryl methyl sites for hydroxylation is 1. The number of hydrogen-bond donors (Lipinski definition) is 0. The quantitative estimate of drug-likeness (QED) is 0.532. The fourth-order valence-electron chi connectivity index (χ4n) is 3.45. The van der Waals surface area contributed by atoms with Gasteiger partial charge in [0, 0.05) is 23.1 Å². The van der Waals surface area contributed by atoms with Crippen molar-refractivity contribution in [1.82, 2.24) is 8.87 Å². The van der Waals surface area contributed by atoms with Crippen molar-refractivity contribution >= 4 is 65.0 Å². The first-order valence-corrected chi connectivity index (χ1v) is 12.3. The lowest BCUT2D eigenvalue weighted by Crippen LogP contribution is -2.40. The van der Waals surface area contributed by atoms with Crippen molar-refractivity contribution in [2.45, 2.75) is 23.8 Å². The molecule has 1 unspecified atom stereocenters. The monoisotopic (exact) mass is 513 g/mol. The number of benzene rings is 2. The van der Waals surface area contributed by atoms with E-state index in [0.717, 1.165) is 14.7 Å². The third-order valence-corrected chi connectivity index (χ3v) is 8.80. The molecule has 4 rings (SSSR count). The average Bonchev–Trinajstić information content (AvgIpc) is 3.29. The van der Waals surface area contributed by atoms with Gasteiger partial charge in [-0.2, -0.15) is 9.30 Å². The second-order valence-corrected chi connectivity index (χ2v) is 10.9. The van der Waals surface area contributed by atoms with Gasteiger partial charge in [-0.25, -0.2) is 8.42 Å². The molecule has 1 atom stereocenters. The smallest absolute Gasteiger partial charge is 0.266 e. The Morgan fingerprint density at radius 3 is 2.66 bits per heavy atom. The van der Waals surface area contributed by atoms with E-state index in [9.17, 15) is 13.2 Å². The third kappa shape index (κ3) is 3.82. The van der Waals surface area contributed by atoms with Crippen LogP contribution in [0.15, 0.2) is 56.8 Å². The minimum absolute atomic E-state index is 0.123. The molecule has 1 aliphatic rings. The fourth-order valence-corrected chi connectivity index (χ4v) is 7.04. The molecule has 1 saturated heterocycles. The van der Waals surface area contributed by atoms with E-state index in [1.165, 1.54) is 39.9 Å². The predicted octanol–water partition coefficient (Wildman–Crippen LogP) is 3.94. The molecule has 2 heterocycles. The van der Waals surface area contributed by atoms with Crippen molar-refractivity contribution < 1.29 is 13.2 Å². The van der Waals surface area contributed by atoms with E-state index in [4.69, 9.17) is 11.6 Å². The number of nitrogens with zero attached hydrogens (tertiary/aromatic N) is 3. The Bertz CT molecular complexity index is 1270. The summed E-state index contributed by atoms with van der Waals surface area (Å²) in [5.74, 6) is -0.446. The lowest BCUT2D eigenvalue weighted by atomic mass is 10.2. The maximum Gasteiger partial charge on any atom is 0.266 e. The second kappa shape index (κ2) is 7.96. The maximum atomic E-state index is 13.0. The topological polar surface area (TPSA) is 71.7 Å². The zero-order valence-electron chi connectivity index (χ0n) is 15.4. The third-order valence-electron chi connectivity index (χ3n) is 4.89. The summed E-state index contributed by atoms with van der Waals surface area (Å²) in [6, 6.07) is 11.0. The predicted molar refractivity (Wildman–Crippen MR) is 117 cm³/mol. The Morgan fingerprint density at radius 2 is 1.97 bits per heavy atom. The van der Waals surface area contributed by atoms with E-state index in [-0.39, 0.29) is 4.90 Å². The molecule has 29 heavy (non-hydrogen) atoms. The van der Waals surface area contributed by atoms with Gasteiger partial charge >= 0.3 is 0 Å². The van der Waals surface area contributed by atoms with Crippen molar-refractivity contribution in [3.05, 3.63) is 56.8 Å². The minimum atomic E-state index is -3.80. The van der Waals surface area contributed by atoms with Gasteiger partial charge in [-0.1, -0.05) is 29.0 Å². The van der Waals surface area contributed by atoms with Gasteiger partial charge in [0.05, 0.1) is 15.1 Å². The summed E-state index contributed by atoms with van der Waals surface area (Å²) >= 11 is 10.8. The fraction of sp³-hybridized carbons (Fsp3) is 0.263. The van der Waals surface area contributed by atoms with Crippen LogP contribution in [-0.4, -0.2) is 35.8 Å². The number of sulfonamides is 1. The normalized spacial score (nSPS) is 18.6. The summed E-state index contributed by atoms with van der Waals surface area (Å²) < 4.78 is 31.1. The van der Waals surface area contributed by atoms with Crippen molar-refractivity contribution in [2.24, 2.45) is 12.0 Å². The molecule has 6 nitrogen and oxygen atoms in total. The number of carbonyl (C=O) groups excluding carboxylic acids is 1. The molecule has 0 saturated carbocycles. The van der Waals surface area contributed by atoms with Gasteiger partial charge in [0.1, 0.15) is 6.04 Å². The standard InChI is InChI=1S/C19H17BrClN3O3S2/c1-23-17-14(20)4-2-6-16(17)28-19(23)22-18(25)15-5-3-11-24(15)29(26,27)13-9-7-12(21)8-10-13/h2,4,6-10,15H,3,5,11H2,1H3. The van der Waals surface area contributed by atoms with Crippen LogP contribution < -0.4 is 4.80 Å². The van der Waals surface area contributed by atoms with E-state index in [1.807, 2.05) is 29.8 Å². The SMILES string of the molecule is Cn1c(=NC(=O)C2CCCN2S(=O)(=O)c2ccc(Cl)cc2)sc2cccc(Br)c21. The van der Waals surface area contributed by atoms with Crippen LogP contribution in [0.3, 0.4) is 0 Å². The van der Waals surface area contributed by atoms with Crippen molar-refractivity contribution in [2.75, 3.05) is 6.54 Å². The highest BCUT2D eigenvalue weighted by Crippen LogP contribution is 2.28. The average molecular weight is 515 g/mol. The molecule has 2 aromatic carbocycles. The highest BCUT2D eigenvalue weighted by molar-refractivity contribution is 9.10. The van der Waals surface area contributed by atoms with Crippen LogP contribution in [0.2, 0.25) is 5.02 Å². The number of halogens is 2. The number of thiazole rings is 1. The number of aromatic nitrogens is 1. The highest BCUT2D eigenvalue weighted by atomic mass is 79.9. The first-order valence-electron chi connectivity index (χ1n) is 8.89. The van der Waals surface area contributed by atoms with E-state index in [2.05, 4.69) is 20.9 Å². The van der Waals surface area contributed by atoms with Gasteiger partial charge in [0.15, 0.2) is 4.80 Å². The zero-order valence-corrected chi connectivity index (χ0v) is 19.4. The van der Waals surface area contributed by atoms with Gasteiger partial charge in [0.25, 0.3) is 5.91 Å². The minimum Gasteiger partial charge on any atom is -0.318 e. The first-order chi connectivity index (χ1) is 13.8. The van der Waals surface area contributed by atoms with Crippen molar-refractivity contribution in [1.29, 1.82) is 0 Å². The van der Waals surface area contributed by atoms with Crippen LogP contribution >= 0.6 is 38.9 Å². The van der Waals surface area contributed by atoms with Crippen LogP contribution in [0, 0.1) is 0 Å². The maximum absolute atomic E-state index is 13.0. The molecule has 0 radical (unpaired) electrons. The number of fused-ring (bicyclic) bond motifs is 1. The molecule has 0 N–H and O–H groups in total. The molecule has 0 aliphatic carbocycles. The molecular formula is C19H17BrClN3O3S2. The highest BCUT2D eigenvalue weighted by Gasteiger charge is 2.39. The van der Waals surface area contributed by atoms with E-state index in [0.29, 0.717) is 29.2 Å². The molecule has 0 bridgehead atoms. The molecule has 1 fully saturated rings. The Labute approximate surface area is 185 Å². The van der Waals surface area contributed by atoms with Crippen LogP contribution in [0.25, 0.3) is 10.2 Å². The van der Waals surface area contributed by atoms with Crippen molar-refractivity contribution in [3.8, 4) is 0 Å². The largest absolute Gasteiger partial charge is 0.318 e. The van der Waals surface area contributed by atoms with Crippen LogP contribution in [0.5, 0.6) is 0 Å². The zero-order chi connectivity index (χ0) is 20.8. The number of hydrogen-bond acceptors (Lipinski definition) is 4. The second-order valence-electron chi connectivity index (χ2n) is 6.71. The Morgan fingerprint density at radius 1 is 1.24 bits per heavy atom. The summed E-state index contributed by atoms with van der Waals surface area (Å²) in [4.78, 5) is 17.9. The Kier molecular flexibility index (Phi) is 5.69. The van der Waals surface area contributed by atoms with E-state index in [1.54, 1.807) is 0 Å². The molecule has 152 valence electrons. The lowest BCUT2D eigenvalue weighted by Gasteiger charge is -2.21. The Hall–Kier alpha value is -1.52. The van der Waals surface area contributed by atoms with Gasteiger partial charge < -0.3 is 4.57 Å². The Balaban J connectivity index is 1.70. The molecule has 1 amide bonds. The molecule has 1 aliphatic heterocycles. The van der Waals surface area contributed by atoms with Gasteiger partial charge in [-0.15, -0.1) is 0 Å². The van der Waals surface area contributed by atoms with Crippen LogP contribution in [0.1, 0.15) is 12.8 Å². The number of amides is 1. The van der Waals surface area contributed by atoms with Gasteiger partial charge in [0.2, 0.25) is 10.0 Å². The summed E-state index contributed by atoms with van der Waals surface area (Å²) in [6.07, 6.45) is 1.07. The molecule has 10 heteroatoms.